The number of nitrogens with two attached hydrogens (primary N) is 1. The van der Waals surface area contributed by atoms with Crippen LogP contribution in [0.4, 0.5) is 17.1 Å². The van der Waals surface area contributed by atoms with Crippen LogP contribution in [0.2, 0.25) is 0 Å². The van der Waals surface area contributed by atoms with Gasteiger partial charge in [-0.3, -0.25) is 4.79 Å². The molecule has 0 radical (unpaired) electrons. The Bertz CT molecular complexity index is 606. The molecule has 0 atom stereocenters. The topological polar surface area (TPSA) is 67.2 Å². The van der Waals surface area contributed by atoms with Crippen molar-refractivity contribution in [2.45, 2.75) is 13.3 Å². The molecule has 4 heteroatoms. The SMILES string of the molecule is CCc1ccc(Nc2cc(C(=O)NC)ccc2N)cc1. The van der Waals surface area contributed by atoms with Crippen LogP contribution in [0.5, 0.6) is 0 Å². The number of amides is 1. The van der Waals surface area contributed by atoms with Crippen LogP contribution in [-0.4, -0.2) is 13.0 Å². The molecule has 0 aliphatic carbocycles. The summed E-state index contributed by atoms with van der Waals surface area (Å²) < 4.78 is 0. The molecule has 0 aliphatic rings. The van der Waals surface area contributed by atoms with Crippen LogP contribution in [0.3, 0.4) is 0 Å². The third kappa shape index (κ3) is 3.09. The first-order chi connectivity index (χ1) is 9.63. The molecule has 4 N–H and O–H groups in total. The standard InChI is InChI=1S/C16H19N3O/c1-3-11-4-7-13(8-5-11)19-15-10-12(16(20)18-2)6-9-14(15)17/h4-10,19H,3,17H2,1-2H3,(H,18,20). The van der Waals surface area contributed by atoms with Gasteiger partial charge in [0.1, 0.15) is 0 Å². The van der Waals surface area contributed by atoms with Crippen LogP contribution in [0.25, 0.3) is 0 Å². The zero-order chi connectivity index (χ0) is 14.5. The van der Waals surface area contributed by atoms with E-state index in [1.165, 1.54) is 5.56 Å². The van der Waals surface area contributed by atoms with Crippen molar-refractivity contribution in [3.8, 4) is 0 Å². The van der Waals surface area contributed by atoms with E-state index in [1.54, 1.807) is 25.2 Å². The van der Waals surface area contributed by atoms with Crippen LogP contribution in [-0.2, 0) is 6.42 Å². The van der Waals surface area contributed by atoms with E-state index in [9.17, 15) is 4.79 Å². The number of nitrogen functional groups attached to an aromatic ring is 1. The largest absolute Gasteiger partial charge is 0.397 e. The van der Waals surface area contributed by atoms with Gasteiger partial charge in [-0.15, -0.1) is 0 Å². The van der Waals surface area contributed by atoms with Crippen LogP contribution < -0.4 is 16.4 Å². The van der Waals surface area contributed by atoms with Crippen LogP contribution >= 0.6 is 0 Å². The summed E-state index contributed by atoms with van der Waals surface area (Å²) in [5.41, 5.74) is 10.1. The van der Waals surface area contributed by atoms with Gasteiger partial charge in [0.2, 0.25) is 0 Å². The van der Waals surface area contributed by atoms with Gasteiger partial charge in [-0.1, -0.05) is 19.1 Å². The Morgan fingerprint density at radius 1 is 1.15 bits per heavy atom. The summed E-state index contributed by atoms with van der Waals surface area (Å²) in [6.45, 7) is 2.12. The maximum atomic E-state index is 11.6. The van der Waals surface area contributed by atoms with Gasteiger partial charge < -0.3 is 16.4 Å². The van der Waals surface area contributed by atoms with E-state index >= 15 is 0 Å². The highest BCUT2D eigenvalue weighted by Gasteiger charge is 2.07. The Kier molecular flexibility index (Phi) is 4.25. The molecule has 1 amide bonds. The van der Waals surface area contributed by atoms with Crippen molar-refractivity contribution < 1.29 is 4.79 Å². The Balaban J connectivity index is 2.25. The molecule has 0 saturated heterocycles. The van der Waals surface area contributed by atoms with E-state index in [1.807, 2.05) is 12.1 Å². The lowest BCUT2D eigenvalue weighted by Gasteiger charge is -2.11. The van der Waals surface area contributed by atoms with Crippen molar-refractivity contribution in [1.82, 2.24) is 5.32 Å². The number of aryl methyl sites for hydroxylation is 1. The van der Waals surface area contributed by atoms with Crippen molar-refractivity contribution in [2.24, 2.45) is 0 Å². The van der Waals surface area contributed by atoms with Gasteiger partial charge in [0, 0.05) is 18.3 Å². The quantitative estimate of drug-likeness (QED) is 0.748. The summed E-state index contributed by atoms with van der Waals surface area (Å²) >= 11 is 0. The fourth-order valence-corrected chi connectivity index (χ4v) is 1.93. The lowest BCUT2D eigenvalue weighted by molar-refractivity contribution is 0.0963. The van der Waals surface area contributed by atoms with Gasteiger partial charge in [-0.2, -0.15) is 0 Å². The summed E-state index contributed by atoms with van der Waals surface area (Å²) in [7, 11) is 1.61. The molecule has 0 spiro atoms. The van der Waals surface area contributed by atoms with Gasteiger partial charge in [0.25, 0.3) is 5.91 Å². The number of anilines is 3. The average molecular weight is 269 g/mol. The molecular formula is C16H19N3O. The Labute approximate surface area is 119 Å². The summed E-state index contributed by atoms with van der Waals surface area (Å²) in [4.78, 5) is 11.6. The first kappa shape index (κ1) is 13.9. The second-order valence-electron chi connectivity index (χ2n) is 4.56. The molecule has 0 fully saturated rings. The predicted molar refractivity (Wildman–Crippen MR) is 83.3 cm³/mol. The highest BCUT2D eigenvalue weighted by atomic mass is 16.1. The fourth-order valence-electron chi connectivity index (χ4n) is 1.93. The Hall–Kier alpha value is -2.49. The van der Waals surface area contributed by atoms with E-state index in [-0.39, 0.29) is 5.91 Å². The molecule has 20 heavy (non-hydrogen) atoms. The zero-order valence-corrected chi connectivity index (χ0v) is 11.7. The van der Waals surface area contributed by atoms with E-state index in [2.05, 4.69) is 29.7 Å². The summed E-state index contributed by atoms with van der Waals surface area (Å²) in [5.74, 6) is -0.130. The van der Waals surface area contributed by atoms with E-state index in [0.29, 0.717) is 11.3 Å². The Morgan fingerprint density at radius 2 is 1.85 bits per heavy atom. The molecular weight excluding hydrogens is 250 g/mol. The molecule has 0 bridgehead atoms. The number of hydrogen-bond donors (Lipinski definition) is 3. The number of nitrogens with one attached hydrogen (secondary N) is 2. The Morgan fingerprint density at radius 3 is 2.45 bits per heavy atom. The predicted octanol–water partition coefficient (Wildman–Crippen LogP) is 2.93. The molecule has 2 aromatic rings. The smallest absolute Gasteiger partial charge is 0.251 e. The monoisotopic (exact) mass is 269 g/mol. The molecule has 0 aliphatic heterocycles. The van der Waals surface area contributed by atoms with Crippen molar-refractivity contribution in [2.75, 3.05) is 18.1 Å². The first-order valence-corrected chi connectivity index (χ1v) is 6.61. The zero-order valence-electron chi connectivity index (χ0n) is 11.7. The number of carbonyl (C=O) groups is 1. The minimum atomic E-state index is -0.130. The molecule has 104 valence electrons. The number of rotatable bonds is 4. The normalized spacial score (nSPS) is 10.1. The third-order valence-corrected chi connectivity index (χ3v) is 3.18. The average Bonchev–Trinajstić information content (AvgIpc) is 2.49. The van der Waals surface area contributed by atoms with Gasteiger partial charge in [-0.25, -0.2) is 0 Å². The minimum Gasteiger partial charge on any atom is -0.397 e. The lowest BCUT2D eigenvalue weighted by Crippen LogP contribution is -2.17. The molecule has 2 aromatic carbocycles. The van der Waals surface area contributed by atoms with E-state index in [0.717, 1.165) is 17.8 Å². The van der Waals surface area contributed by atoms with Crippen LogP contribution in [0.1, 0.15) is 22.8 Å². The number of hydrogen-bond acceptors (Lipinski definition) is 3. The maximum absolute atomic E-state index is 11.6. The molecule has 0 unspecified atom stereocenters. The van der Waals surface area contributed by atoms with Crippen LogP contribution in [0.15, 0.2) is 42.5 Å². The van der Waals surface area contributed by atoms with Gasteiger partial charge in [0.05, 0.1) is 11.4 Å². The van der Waals surface area contributed by atoms with E-state index in [4.69, 9.17) is 5.73 Å². The fraction of sp³-hybridized carbons (Fsp3) is 0.188. The second-order valence-corrected chi connectivity index (χ2v) is 4.56. The molecule has 0 saturated carbocycles. The number of carbonyl (C=O) groups excluding carboxylic acids is 1. The van der Waals surface area contributed by atoms with Crippen molar-refractivity contribution in [1.29, 1.82) is 0 Å². The van der Waals surface area contributed by atoms with Gasteiger partial charge in [0.15, 0.2) is 0 Å². The molecule has 0 aromatic heterocycles. The third-order valence-electron chi connectivity index (χ3n) is 3.18. The summed E-state index contributed by atoms with van der Waals surface area (Å²) in [5, 5.41) is 5.84. The highest BCUT2D eigenvalue weighted by Crippen LogP contribution is 2.24. The minimum absolute atomic E-state index is 0.130. The van der Waals surface area contributed by atoms with Crippen molar-refractivity contribution in [3.05, 3.63) is 53.6 Å². The lowest BCUT2D eigenvalue weighted by atomic mass is 10.1. The molecule has 0 heterocycles. The maximum Gasteiger partial charge on any atom is 0.251 e. The number of benzene rings is 2. The first-order valence-electron chi connectivity index (χ1n) is 6.61. The highest BCUT2D eigenvalue weighted by molar-refractivity contribution is 5.96. The summed E-state index contributed by atoms with van der Waals surface area (Å²) in [6.07, 6.45) is 1.01. The second kappa shape index (κ2) is 6.10. The van der Waals surface area contributed by atoms with Crippen molar-refractivity contribution in [3.63, 3.8) is 0 Å². The van der Waals surface area contributed by atoms with E-state index < -0.39 is 0 Å². The summed E-state index contributed by atoms with van der Waals surface area (Å²) in [6, 6.07) is 13.3. The van der Waals surface area contributed by atoms with Crippen molar-refractivity contribution >= 4 is 23.0 Å². The van der Waals surface area contributed by atoms with Gasteiger partial charge >= 0.3 is 0 Å². The van der Waals surface area contributed by atoms with Crippen LogP contribution in [0, 0.1) is 0 Å². The molecule has 4 nitrogen and oxygen atoms in total. The van der Waals surface area contributed by atoms with Gasteiger partial charge in [-0.05, 0) is 42.3 Å². The molecule has 2 rings (SSSR count).